The third kappa shape index (κ3) is 4.35. The first kappa shape index (κ1) is 21.6. The van der Waals surface area contributed by atoms with Gasteiger partial charge in [-0.1, -0.05) is 86.2 Å². The van der Waals surface area contributed by atoms with Crippen molar-refractivity contribution >= 4 is 17.8 Å². The van der Waals surface area contributed by atoms with Crippen molar-refractivity contribution in [1.29, 1.82) is 0 Å². The van der Waals surface area contributed by atoms with Crippen LogP contribution in [0, 0.1) is 17.8 Å². The maximum atomic E-state index is 14.4. The lowest BCUT2D eigenvalue weighted by atomic mass is 9.74. The summed E-state index contributed by atoms with van der Waals surface area (Å²) in [6, 6.07) is 20.0. The molecule has 4 rings (SSSR count). The van der Waals surface area contributed by atoms with Crippen molar-refractivity contribution in [2.45, 2.75) is 33.4 Å². The highest BCUT2D eigenvalue weighted by Crippen LogP contribution is 2.44. The van der Waals surface area contributed by atoms with Crippen LogP contribution in [0.25, 0.3) is 0 Å². The highest BCUT2D eigenvalue weighted by atomic mass is 31.2. The maximum Gasteiger partial charge on any atom is 0.144 e. The molecule has 1 aliphatic heterocycles. The lowest BCUT2D eigenvalue weighted by Gasteiger charge is -2.40. The van der Waals surface area contributed by atoms with Crippen LogP contribution in [0.2, 0.25) is 0 Å². The summed E-state index contributed by atoms with van der Waals surface area (Å²) in [4.78, 5) is 2.45. The summed E-state index contributed by atoms with van der Waals surface area (Å²) in [5.41, 5.74) is 1.49. The van der Waals surface area contributed by atoms with Gasteiger partial charge in [0.05, 0.1) is 6.61 Å². The summed E-state index contributed by atoms with van der Waals surface area (Å²) in [5, 5.41) is 1.90. The van der Waals surface area contributed by atoms with Crippen molar-refractivity contribution in [1.82, 2.24) is 4.90 Å². The number of rotatable bonds is 6. The van der Waals surface area contributed by atoms with E-state index < -0.39 is 7.14 Å². The molecule has 0 N–H and O–H groups in total. The van der Waals surface area contributed by atoms with Crippen LogP contribution in [-0.4, -0.2) is 37.0 Å². The van der Waals surface area contributed by atoms with Crippen LogP contribution in [-0.2, 0) is 9.30 Å². The summed E-state index contributed by atoms with van der Waals surface area (Å²) in [5.74, 6) is 1.60. The van der Waals surface area contributed by atoms with Crippen molar-refractivity contribution in [3.8, 4) is 0 Å². The molecule has 2 aromatic carbocycles. The third-order valence-corrected chi connectivity index (χ3v) is 9.95. The van der Waals surface area contributed by atoms with E-state index in [0.29, 0.717) is 23.9 Å². The Labute approximate surface area is 181 Å². The van der Waals surface area contributed by atoms with E-state index in [9.17, 15) is 4.57 Å². The normalized spacial score (nSPS) is 27.8. The standard InChI is InChI=1S/C26H34NO2P/c1-20-18-21(2)25(22(3)19-20)26-27(14-16-29-26)15-17-30(28,23-10-6-4-7-11-23)24-12-8-5-9-13-24/h4-13,18,21-22,25-26H,14-17,19H2,1-3H3/t21-,22+,25+,26-/m0/s1. The molecule has 4 atom stereocenters. The van der Waals surface area contributed by atoms with E-state index in [4.69, 9.17) is 4.74 Å². The van der Waals surface area contributed by atoms with E-state index in [2.05, 4.69) is 31.7 Å². The zero-order valence-corrected chi connectivity index (χ0v) is 19.3. The molecule has 0 bridgehead atoms. The molecular weight excluding hydrogens is 389 g/mol. The molecule has 1 heterocycles. The Hall–Kier alpha value is -1.67. The van der Waals surface area contributed by atoms with Crippen LogP contribution in [0.15, 0.2) is 72.3 Å². The number of benzene rings is 2. The molecule has 3 nitrogen and oxygen atoms in total. The SMILES string of the molecule is CC1=C[C@H](C)[C@@H]([C@@H]2OCCN2CCP(=O)(c2ccccc2)c2ccccc2)[C@H](C)C1. The fraction of sp³-hybridized carbons (Fsp3) is 0.462. The summed E-state index contributed by atoms with van der Waals surface area (Å²) in [6.45, 7) is 9.41. The van der Waals surface area contributed by atoms with Crippen LogP contribution in [0.5, 0.6) is 0 Å². The van der Waals surface area contributed by atoms with Gasteiger partial charge in [-0.05, 0) is 25.2 Å². The average Bonchev–Trinajstić information content (AvgIpc) is 3.21. The van der Waals surface area contributed by atoms with E-state index in [-0.39, 0.29) is 6.23 Å². The van der Waals surface area contributed by atoms with Crippen LogP contribution >= 0.6 is 7.14 Å². The highest BCUT2D eigenvalue weighted by molar-refractivity contribution is 7.78. The Balaban J connectivity index is 1.56. The third-order valence-electron chi connectivity index (χ3n) is 6.86. The van der Waals surface area contributed by atoms with Gasteiger partial charge in [0.25, 0.3) is 0 Å². The van der Waals surface area contributed by atoms with Crippen LogP contribution in [0.4, 0.5) is 0 Å². The molecule has 1 fully saturated rings. The van der Waals surface area contributed by atoms with Gasteiger partial charge in [0.2, 0.25) is 0 Å². The molecule has 1 aliphatic carbocycles. The van der Waals surface area contributed by atoms with E-state index >= 15 is 0 Å². The van der Waals surface area contributed by atoms with Gasteiger partial charge in [-0.3, -0.25) is 4.90 Å². The molecule has 0 saturated carbocycles. The van der Waals surface area contributed by atoms with Gasteiger partial charge in [-0.25, -0.2) is 0 Å². The van der Waals surface area contributed by atoms with Gasteiger partial charge in [-0.2, -0.15) is 0 Å². The second kappa shape index (κ2) is 9.22. The molecule has 0 aromatic heterocycles. The average molecular weight is 424 g/mol. The van der Waals surface area contributed by atoms with Crippen molar-refractivity contribution in [2.24, 2.45) is 17.8 Å². The predicted octanol–water partition coefficient (Wildman–Crippen LogP) is 4.90. The van der Waals surface area contributed by atoms with E-state index in [1.807, 2.05) is 60.7 Å². The molecule has 0 unspecified atom stereocenters. The number of nitrogens with zero attached hydrogens (tertiary/aromatic N) is 1. The van der Waals surface area contributed by atoms with Gasteiger partial charge in [0, 0.05) is 35.8 Å². The Kier molecular flexibility index (Phi) is 6.63. The number of hydrogen-bond donors (Lipinski definition) is 0. The second-order valence-electron chi connectivity index (χ2n) is 9.06. The summed E-state index contributed by atoms with van der Waals surface area (Å²) in [6.07, 6.45) is 4.34. The highest BCUT2D eigenvalue weighted by Gasteiger charge is 2.40. The van der Waals surface area contributed by atoms with Gasteiger partial charge in [-0.15, -0.1) is 0 Å². The predicted molar refractivity (Wildman–Crippen MR) is 126 cm³/mol. The topological polar surface area (TPSA) is 29.5 Å². The molecule has 160 valence electrons. The Bertz CT molecular complexity index is 868. The molecule has 0 amide bonds. The fourth-order valence-corrected chi connectivity index (χ4v) is 8.12. The van der Waals surface area contributed by atoms with Crippen molar-refractivity contribution in [2.75, 3.05) is 25.9 Å². The van der Waals surface area contributed by atoms with E-state index in [1.54, 1.807) is 0 Å². The van der Waals surface area contributed by atoms with Crippen LogP contribution < -0.4 is 10.6 Å². The van der Waals surface area contributed by atoms with Crippen LogP contribution in [0.3, 0.4) is 0 Å². The summed E-state index contributed by atoms with van der Waals surface area (Å²) < 4.78 is 20.6. The monoisotopic (exact) mass is 423 g/mol. The lowest BCUT2D eigenvalue weighted by molar-refractivity contribution is -0.0450. The Morgan fingerprint density at radius 2 is 1.60 bits per heavy atom. The molecular formula is C26H34NO2P. The van der Waals surface area contributed by atoms with Gasteiger partial charge in [0.15, 0.2) is 0 Å². The quantitative estimate of drug-likeness (QED) is 0.489. The minimum absolute atomic E-state index is 0.124. The molecule has 2 aromatic rings. The van der Waals surface area contributed by atoms with Crippen molar-refractivity contribution < 1.29 is 9.30 Å². The first-order valence-corrected chi connectivity index (χ1v) is 13.1. The minimum Gasteiger partial charge on any atom is -0.361 e. The zero-order valence-electron chi connectivity index (χ0n) is 18.4. The molecule has 2 aliphatic rings. The van der Waals surface area contributed by atoms with Crippen LogP contribution in [0.1, 0.15) is 27.2 Å². The largest absolute Gasteiger partial charge is 0.361 e. The molecule has 30 heavy (non-hydrogen) atoms. The fourth-order valence-electron chi connectivity index (χ4n) is 5.46. The van der Waals surface area contributed by atoms with Crippen molar-refractivity contribution in [3.63, 3.8) is 0 Å². The number of ether oxygens (including phenoxy) is 1. The molecule has 0 radical (unpaired) electrons. The minimum atomic E-state index is -2.69. The summed E-state index contributed by atoms with van der Waals surface area (Å²) >= 11 is 0. The number of allylic oxidation sites excluding steroid dienone is 2. The first-order valence-electron chi connectivity index (χ1n) is 11.2. The molecule has 1 saturated heterocycles. The second-order valence-corrected chi connectivity index (χ2v) is 12.0. The molecule has 4 heteroatoms. The zero-order chi connectivity index (χ0) is 21.1. The van der Waals surface area contributed by atoms with Gasteiger partial charge >= 0.3 is 0 Å². The van der Waals surface area contributed by atoms with E-state index in [0.717, 1.165) is 36.7 Å². The van der Waals surface area contributed by atoms with Gasteiger partial charge in [0.1, 0.15) is 13.4 Å². The maximum absolute atomic E-state index is 14.4. The molecule has 0 spiro atoms. The first-order chi connectivity index (χ1) is 14.5. The smallest absolute Gasteiger partial charge is 0.144 e. The number of hydrogen-bond acceptors (Lipinski definition) is 3. The summed E-state index contributed by atoms with van der Waals surface area (Å²) in [7, 11) is -2.69. The van der Waals surface area contributed by atoms with Gasteiger partial charge < -0.3 is 9.30 Å². The van der Waals surface area contributed by atoms with E-state index in [1.165, 1.54) is 5.57 Å². The Morgan fingerprint density at radius 1 is 1.00 bits per heavy atom. The Morgan fingerprint density at radius 3 is 2.17 bits per heavy atom. The lowest BCUT2D eigenvalue weighted by Crippen LogP contribution is -2.44. The van der Waals surface area contributed by atoms with Crippen molar-refractivity contribution in [3.05, 3.63) is 72.3 Å².